The van der Waals surface area contributed by atoms with Crippen molar-refractivity contribution >= 4 is 27.6 Å². The van der Waals surface area contributed by atoms with Gasteiger partial charge in [-0.2, -0.15) is 0 Å². The minimum atomic E-state index is -3.91. The Kier molecular flexibility index (Phi) is 6.80. The lowest BCUT2D eigenvalue weighted by atomic mass is 10.1. The van der Waals surface area contributed by atoms with Crippen LogP contribution in [0.1, 0.15) is 29.8 Å². The number of hydrogen-bond donors (Lipinski definition) is 0. The number of hydrogen-bond acceptors (Lipinski definition) is 6. The van der Waals surface area contributed by atoms with Crippen molar-refractivity contribution in [2.45, 2.75) is 31.8 Å². The summed E-state index contributed by atoms with van der Waals surface area (Å²) in [5.41, 5.74) is 1.05. The second-order valence-electron chi connectivity index (χ2n) is 6.06. The lowest BCUT2D eigenvalue weighted by molar-refractivity contribution is -0.149. The van der Waals surface area contributed by atoms with Crippen LogP contribution in [0.4, 0.5) is 5.69 Å². The number of aryl methyl sites for hydroxylation is 1. The van der Waals surface area contributed by atoms with E-state index in [4.69, 9.17) is 4.74 Å². The predicted molar refractivity (Wildman–Crippen MR) is 105 cm³/mol. The van der Waals surface area contributed by atoms with Gasteiger partial charge in [0.2, 0.25) is 0 Å². The van der Waals surface area contributed by atoms with Gasteiger partial charge >= 0.3 is 11.9 Å². The molecule has 0 aromatic heterocycles. The van der Waals surface area contributed by atoms with E-state index >= 15 is 0 Å². The Morgan fingerprint density at radius 2 is 1.75 bits per heavy atom. The van der Waals surface area contributed by atoms with Crippen molar-refractivity contribution in [3.63, 3.8) is 0 Å². The van der Waals surface area contributed by atoms with Crippen LogP contribution in [0.5, 0.6) is 0 Å². The third-order valence-electron chi connectivity index (χ3n) is 4.14. The zero-order valence-corrected chi connectivity index (χ0v) is 17.0. The number of ether oxygens (including phenoxy) is 2. The van der Waals surface area contributed by atoms with E-state index in [1.165, 1.54) is 36.5 Å². The number of rotatable bonds is 7. The first-order chi connectivity index (χ1) is 13.2. The monoisotopic (exact) mass is 405 g/mol. The molecule has 0 radical (unpaired) electrons. The van der Waals surface area contributed by atoms with E-state index in [9.17, 15) is 18.0 Å². The molecule has 0 bridgehead atoms. The second-order valence-corrected chi connectivity index (χ2v) is 7.89. The highest BCUT2D eigenvalue weighted by Crippen LogP contribution is 2.26. The zero-order chi connectivity index (χ0) is 20.9. The average Bonchev–Trinajstić information content (AvgIpc) is 2.68. The average molecular weight is 405 g/mol. The smallest absolute Gasteiger partial charge is 0.346 e. The predicted octanol–water partition coefficient (Wildman–Crippen LogP) is 2.93. The molecule has 7 nitrogen and oxygen atoms in total. The van der Waals surface area contributed by atoms with Crippen molar-refractivity contribution in [1.82, 2.24) is 0 Å². The van der Waals surface area contributed by atoms with E-state index in [0.717, 1.165) is 0 Å². The van der Waals surface area contributed by atoms with E-state index in [1.807, 2.05) is 0 Å². The van der Waals surface area contributed by atoms with E-state index in [-0.39, 0.29) is 17.0 Å². The molecule has 0 amide bonds. The third kappa shape index (κ3) is 4.51. The van der Waals surface area contributed by atoms with Gasteiger partial charge in [0.15, 0.2) is 6.10 Å². The number of benzene rings is 2. The molecule has 0 aliphatic rings. The largest absolute Gasteiger partial charge is 0.466 e. The lowest BCUT2D eigenvalue weighted by Crippen LogP contribution is -2.31. The molecular formula is C20H23NO6S. The van der Waals surface area contributed by atoms with Crippen LogP contribution in [-0.2, 0) is 24.3 Å². The van der Waals surface area contributed by atoms with Crippen LogP contribution >= 0.6 is 0 Å². The first-order valence-electron chi connectivity index (χ1n) is 8.69. The number of sulfonamides is 1. The molecule has 8 heteroatoms. The van der Waals surface area contributed by atoms with E-state index in [0.29, 0.717) is 11.3 Å². The SMILES string of the molecule is CCN(c1ccccc1)S(=O)(=O)c1cc(C(=O)O[C@H](C)C(=O)OC)ccc1C. The van der Waals surface area contributed by atoms with Crippen LogP contribution in [0.15, 0.2) is 53.4 Å². The molecular weight excluding hydrogens is 382 g/mol. The van der Waals surface area contributed by atoms with Crippen molar-refractivity contribution < 1.29 is 27.5 Å². The molecule has 0 unspecified atom stereocenters. The van der Waals surface area contributed by atoms with Crippen molar-refractivity contribution in [3.05, 3.63) is 59.7 Å². The molecule has 1 atom stereocenters. The van der Waals surface area contributed by atoms with Gasteiger partial charge in [0, 0.05) is 6.54 Å². The molecule has 0 aliphatic heterocycles. The summed E-state index contributed by atoms with van der Waals surface area (Å²) in [5, 5.41) is 0. The van der Waals surface area contributed by atoms with Gasteiger partial charge in [-0.1, -0.05) is 24.3 Å². The van der Waals surface area contributed by atoms with Gasteiger partial charge in [-0.3, -0.25) is 4.31 Å². The molecule has 2 rings (SSSR count). The maximum atomic E-state index is 13.2. The Morgan fingerprint density at radius 3 is 2.32 bits per heavy atom. The Balaban J connectivity index is 2.41. The zero-order valence-electron chi connectivity index (χ0n) is 16.2. The number of carbonyl (C=O) groups is 2. The molecule has 0 saturated heterocycles. The molecule has 0 heterocycles. The van der Waals surface area contributed by atoms with Crippen LogP contribution < -0.4 is 4.31 Å². The fourth-order valence-corrected chi connectivity index (χ4v) is 4.38. The summed E-state index contributed by atoms with van der Waals surface area (Å²) >= 11 is 0. The van der Waals surface area contributed by atoms with Crippen LogP contribution in [-0.4, -0.2) is 40.1 Å². The second kappa shape index (κ2) is 8.88. The topological polar surface area (TPSA) is 90.0 Å². The van der Waals surface area contributed by atoms with E-state index in [1.54, 1.807) is 44.2 Å². The van der Waals surface area contributed by atoms with Gasteiger partial charge in [-0.25, -0.2) is 18.0 Å². The number of anilines is 1. The van der Waals surface area contributed by atoms with Gasteiger partial charge < -0.3 is 9.47 Å². The number of methoxy groups -OCH3 is 1. The van der Waals surface area contributed by atoms with Crippen LogP contribution in [0.3, 0.4) is 0 Å². The minimum Gasteiger partial charge on any atom is -0.466 e. The van der Waals surface area contributed by atoms with Gasteiger partial charge in [0.05, 0.1) is 23.3 Å². The van der Waals surface area contributed by atoms with Crippen molar-refractivity contribution in [2.24, 2.45) is 0 Å². The molecule has 0 saturated carbocycles. The molecule has 0 fully saturated rings. The molecule has 2 aromatic carbocycles. The van der Waals surface area contributed by atoms with Crippen LogP contribution in [0, 0.1) is 6.92 Å². The fraction of sp³-hybridized carbons (Fsp3) is 0.300. The maximum absolute atomic E-state index is 13.2. The third-order valence-corrected chi connectivity index (χ3v) is 6.19. The quantitative estimate of drug-likeness (QED) is 0.658. The Hall–Kier alpha value is -2.87. The van der Waals surface area contributed by atoms with Crippen molar-refractivity contribution in [1.29, 1.82) is 0 Å². The highest BCUT2D eigenvalue weighted by molar-refractivity contribution is 7.92. The maximum Gasteiger partial charge on any atom is 0.346 e. The van der Waals surface area contributed by atoms with Crippen LogP contribution in [0.2, 0.25) is 0 Å². The Labute approximate surface area is 164 Å². The Morgan fingerprint density at radius 1 is 1.11 bits per heavy atom. The minimum absolute atomic E-state index is 0.00151. The lowest BCUT2D eigenvalue weighted by Gasteiger charge is -2.24. The molecule has 0 spiro atoms. The molecule has 0 N–H and O–H groups in total. The number of nitrogens with zero attached hydrogens (tertiary/aromatic N) is 1. The summed E-state index contributed by atoms with van der Waals surface area (Å²) in [6.45, 7) is 4.98. The highest BCUT2D eigenvalue weighted by atomic mass is 32.2. The molecule has 150 valence electrons. The van der Waals surface area contributed by atoms with Gasteiger partial charge in [0.1, 0.15) is 0 Å². The normalized spacial score (nSPS) is 12.1. The van der Waals surface area contributed by atoms with Crippen molar-refractivity contribution in [2.75, 3.05) is 18.0 Å². The summed E-state index contributed by atoms with van der Waals surface area (Å²) in [6, 6.07) is 13.0. The number of esters is 2. The summed E-state index contributed by atoms with van der Waals surface area (Å²) in [6.07, 6.45) is -1.10. The van der Waals surface area contributed by atoms with Crippen LogP contribution in [0.25, 0.3) is 0 Å². The Bertz CT molecular complexity index is 956. The highest BCUT2D eigenvalue weighted by Gasteiger charge is 2.27. The van der Waals surface area contributed by atoms with Gasteiger partial charge in [-0.05, 0) is 50.6 Å². The molecule has 2 aromatic rings. The van der Waals surface area contributed by atoms with Gasteiger partial charge in [0.25, 0.3) is 10.0 Å². The number of para-hydroxylation sites is 1. The molecule has 28 heavy (non-hydrogen) atoms. The first kappa shape index (κ1) is 21.4. The summed E-state index contributed by atoms with van der Waals surface area (Å²) < 4.78 is 37.3. The fourth-order valence-electron chi connectivity index (χ4n) is 2.65. The van der Waals surface area contributed by atoms with Crippen molar-refractivity contribution in [3.8, 4) is 0 Å². The van der Waals surface area contributed by atoms with E-state index < -0.39 is 28.1 Å². The van der Waals surface area contributed by atoms with Gasteiger partial charge in [-0.15, -0.1) is 0 Å². The standard InChI is InChI=1S/C20H23NO6S/c1-5-21(17-9-7-6-8-10-17)28(24,25)18-13-16(12-11-14(18)2)20(23)27-15(3)19(22)26-4/h6-13,15H,5H2,1-4H3/t15-/m1/s1. The first-order valence-corrected chi connectivity index (χ1v) is 10.1. The van der Waals surface area contributed by atoms with E-state index in [2.05, 4.69) is 4.74 Å². The molecule has 0 aliphatic carbocycles. The summed E-state index contributed by atoms with van der Waals surface area (Å²) in [7, 11) is -2.72. The summed E-state index contributed by atoms with van der Waals surface area (Å²) in [5.74, 6) is -1.51. The number of carbonyl (C=O) groups excluding carboxylic acids is 2. The summed E-state index contributed by atoms with van der Waals surface area (Å²) in [4.78, 5) is 23.8.